The van der Waals surface area contributed by atoms with E-state index in [4.69, 9.17) is 11.6 Å². The van der Waals surface area contributed by atoms with Crippen LogP contribution in [-0.4, -0.2) is 21.6 Å². The molecule has 134 valence electrons. The summed E-state index contributed by atoms with van der Waals surface area (Å²) in [5.74, 6) is 0. The lowest BCUT2D eigenvalue weighted by Gasteiger charge is -2.34. The van der Waals surface area contributed by atoms with Gasteiger partial charge < -0.3 is 17.6 Å². The number of fused-ring (bicyclic) bond motifs is 2. The molecule has 0 aliphatic carbocycles. The monoisotopic (exact) mass is 372 g/mol. The normalized spacial score (nSPS) is 18.2. The Bertz CT molecular complexity index is 1070. The van der Waals surface area contributed by atoms with Crippen molar-refractivity contribution in [1.82, 2.24) is 4.48 Å². The molecule has 2 nitrogen and oxygen atoms in total. The zero-order valence-corrected chi connectivity index (χ0v) is 16.2. The summed E-state index contributed by atoms with van der Waals surface area (Å²) in [6.45, 7) is 5.33. The minimum Gasteiger partial charge on any atom is -0.393 e. The third-order valence-electron chi connectivity index (χ3n) is 5.39. The molecule has 0 radical (unpaired) electrons. The van der Waals surface area contributed by atoms with Crippen molar-refractivity contribution in [1.29, 1.82) is 0 Å². The Hall–Kier alpha value is -2.14. The van der Waals surface area contributed by atoms with Gasteiger partial charge in [-0.1, -0.05) is 17.7 Å². The Balaban J connectivity index is 2.20. The summed E-state index contributed by atoms with van der Waals surface area (Å²) in [5.41, 5.74) is 6.83. The third-order valence-corrected chi connectivity index (χ3v) is 5.63. The molecule has 1 aromatic heterocycles. The van der Waals surface area contributed by atoms with Gasteiger partial charge in [-0.3, -0.25) is 0 Å². The van der Waals surface area contributed by atoms with E-state index >= 15 is 8.63 Å². The summed E-state index contributed by atoms with van der Waals surface area (Å²) in [6.07, 6.45) is 1.84. The quantitative estimate of drug-likeness (QED) is 0.584. The van der Waals surface area contributed by atoms with E-state index in [0.29, 0.717) is 27.8 Å². The molecule has 2 aliphatic rings. The lowest BCUT2D eigenvalue weighted by atomic mass is 9.83. The molecule has 6 heteroatoms. The van der Waals surface area contributed by atoms with E-state index in [2.05, 4.69) is 0 Å². The van der Waals surface area contributed by atoms with Crippen molar-refractivity contribution >= 4 is 29.9 Å². The molecule has 0 spiro atoms. The number of aryl methyl sites for hydroxylation is 3. The molecule has 0 saturated carbocycles. The molecular formula is C20H20BClF2N2. The van der Waals surface area contributed by atoms with Crippen LogP contribution >= 0.6 is 11.6 Å². The number of halogens is 3. The van der Waals surface area contributed by atoms with Gasteiger partial charge in [0.05, 0.1) is 5.57 Å². The number of allylic oxidation sites excluding steroid dienone is 2. The topological polar surface area (TPSA) is 7.94 Å². The summed E-state index contributed by atoms with van der Waals surface area (Å²) in [4.78, 5) is 0. The Morgan fingerprint density at radius 3 is 2.35 bits per heavy atom. The Morgan fingerprint density at radius 2 is 1.69 bits per heavy atom. The van der Waals surface area contributed by atoms with Gasteiger partial charge >= 0.3 is 6.97 Å². The number of aromatic nitrogens is 1. The SMILES string of the molecule is CC1=CC(C)=[N+]2C1=C(c1ccc(Cl)cc1C)c1c(C)cc(C)n1[B-]2(F)F. The summed E-state index contributed by atoms with van der Waals surface area (Å²) < 4.78 is 33.5. The highest BCUT2D eigenvalue weighted by atomic mass is 35.5. The first-order valence-electron chi connectivity index (χ1n) is 8.68. The number of rotatable bonds is 1. The fourth-order valence-corrected chi connectivity index (χ4v) is 4.69. The van der Waals surface area contributed by atoms with Crippen molar-refractivity contribution in [2.75, 3.05) is 0 Å². The zero-order chi connectivity index (χ0) is 19.0. The van der Waals surface area contributed by atoms with E-state index in [9.17, 15) is 0 Å². The molecule has 0 amide bonds. The van der Waals surface area contributed by atoms with Gasteiger partial charge in [-0.25, -0.2) is 0 Å². The fraction of sp³-hybridized carbons (Fsp3) is 0.250. The second kappa shape index (κ2) is 5.43. The first kappa shape index (κ1) is 17.3. The lowest BCUT2D eigenvalue weighted by Crippen LogP contribution is -2.51. The minimum atomic E-state index is -3.93. The highest BCUT2D eigenvalue weighted by Gasteiger charge is 2.55. The van der Waals surface area contributed by atoms with E-state index < -0.39 is 6.97 Å². The molecule has 3 heterocycles. The van der Waals surface area contributed by atoms with Gasteiger partial charge in [-0.05, 0) is 68.3 Å². The first-order valence-corrected chi connectivity index (χ1v) is 9.06. The van der Waals surface area contributed by atoms with Crippen molar-refractivity contribution < 1.29 is 13.1 Å². The van der Waals surface area contributed by atoms with Gasteiger partial charge in [0.15, 0.2) is 5.70 Å². The van der Waals surface area contributed by atoms with Crippen molar-refractivity contribution in [3.63, 3.8) is 0 Å². The molecule has 0 N–H and O–H groups in total. The minimum absolute atomic E-state index is 0.572. The van der Waals surface area contributed by atoms with Crippen LogP contribution in [0.4, 0.5) is 8.63 Å². The standard InChI is InChI=1S/C20H20BClF2N2/c1-11-10-16(22)6-7-17(11)18-19-12(2)8-14(4)25(19)21(23,24)26-15(5)9-13(3)20(18)26/h6-10H,1-5H3. The highest BCUT2D eigenvalue weighted by Crippen LogP contribution is 2.44. The van der Waals surface area contributed by atoms with Crippen molar-refractivity contribution in [2.45, 2.75) is 34.6 Å². The van der Waals surface area contributed by atoms with Crippen LogP contribution < -0.4 is 0 Å². The second-order valence-electron chi connectivity index (χ2n) is 7.30. The molecule has 0 unspecified atom stereocenters. The van der Waals surface area contributed by atoms with Crippen LogP contribution in [0.5, 0.6) is 0 Å². The fourth-order valence-electron chi connectivity index (χ4n) is 4.46. The van der Waals surface area contributed by atoms with Crippen LogP contribution in [0.2, 0.25) is 5.02 Å². The molecule has 2 aromatic rings. The van der Waals surface area contributed by atoms with E-state index in [0.717, 1.165) is 27.8 Å². The van der Waals surface area contributed by atoms with Crippen molar-refractivity contribution in [3.05, 3.63) is 74.7 Å². The molecule has 0 fully saturated rings. The van der Waals surface area contributed by atoms with Gasteiger partial charge in [0.25, 0.3) is 0 Å². The molecule has 0 bridgehead atoms. The summed E-state index contributed by atoms with van der Waals surface area (Å²) in [6, 6.07) is 7.47. The smallest absolute Gasteiger partial charge is 0.393 e. The maximum atomic E-state index is 15.5. The van der Waals surface area contributed by atoms with Crippen LogP contribution in [0.3, 0.4) is 0 Å². The third kappa shape index (κ3) is 2.13. The average Bonchev–Trinajstić information content (AvgIpc) is 2.99. The highest BCUT2D eigenvalue weighted by molar-refractivity contribution is 6.58. The van der Waals surface area contributed by atoms with E-state index in [1.807, 2.05) is 51.1 Å². The second-order valence-corrected chi connectivity index (χ2v) is 7.73. The molecular weight excluding hydrogens is 352 g/mol. The first-order chi connectivity index (χ1) is 12.1. The van der Waals surface area contributed by atoms with Crippen molar-refractivity contribution in [2.24, 2.45) is 0 Å². The lowest BCUT2D eigenvalue weighted by molar-refractivity contribution is -0.363. The number of hydrogen-bond acceptors (Lipinski definition) is 0. The molecule has 26 heavy (non-hydrogen) atoms. The predicted molar refractivity (Wildman–Crippen MR) is 104 cm³/mol. The van der Waals surface area contributed by atoms with Gasteiger partial charge in [-0.2, -0.15) is 0 Å². The summed E-state index contributed by atoms with van der Waals surface area (Å²) in [5, 5.41) is 0.642. The molecule has 0 atom stereocenters. The Morgan fingerprint density at radius 1 is 1.00 bits per heavy atom. The number of nitrogens with zero attached hydrogens (tertiary/aromatic N) is 2. The Kier molecular flexibility index (Phi) is 3.61. The van der Waals surface area contributed by atoms with Gasteiger partial charge in [0.2, 0.25) is 0 Å². The van der Waals surface area contributed by atoms with Crippen LogP contribution in [0, 0.1) is 20.8 Å². The summed E-state index contributed by atoms with van der Waals surface area (Å²) in [7, 11) is 0. The van der Waals surface area contributed by atoms with Crippen LogP contribution in [-0.2, 0) is 0 Å². The predicted octanol–water partition coefficient (Wildman–Crippen LogP) is 5.50. The molecule has 1 aromatic carbocycles. The van der Waals surface area contributed by atoms with Crippen molar-refractivity contribution in [3.8, 4) is 0 Å². The average molecular weight is 373 g/mol. The van der Waals surface area contributed by atoms with Gasteiger partial charge in [-0.15, -0.1) is 0 Å². The van der Waals surface area contributed by atoms with E-state index in [-0.39, 0.29) is 0 Å². The summed E-state index contributed by atoms with van der Waals surface area (Å²) >= 11 is 6.14. The molecule has 4 rings (SSSR count). The maximum Gasteiger partial charge on any atom is 0.737 e. The largest absolute Gasteiger partial charge is 0.737 e. The van der Waals surface area contributed by atoms with Crippen LogP contribution in [0.25, 0.3) is 5.57 Å². The van der Waals surface area contributed by atoms with E-state index in [1.54, 1.807) is 13.8 Å². The zero-order valence-electron chi connectivity index (χ0n) is 15.5. The number of benzene rings is 1. The van der Waals surface area contributed by atoms with E-state index in [1.165, 1.54) is 8.96 Å². The van der Waals surface area contributed by atoms with Gasteiger partial charge in [0, 0.05) is 29.3 Å². The van der Waals surface area contributed by atoms with Gasteiger partial charge in [0.1, 0.15) is 5.71 Å². The number of hydrogen-bond donors (Lipinski definition) is 0. The maximum absolute atomic E-state index is 15.5. The van der Waals surface area contributed by atoms with Crippen LogP contribution in [0.15, 0.2) is 41.6 Å². The van der Waals surface area contributed by atoms with Crippen LogP contribution in [0.1, 0.15) is 41.9 Å². The molecule has 0 saturated heterocycles. The Labute approximate surface area is 157 Å². The molecule has 2 aliphatic heterocycles.